The molecule has 0 atom stereocenters. The first kappa shape index (κ1) is 11.3. The van der Waals surface area contributed by atoms with Crippen LogP contribution in [-0.4, -0.2) is 18.1 Å². The first-order valence-corrected chi connectivity index (χ1v) is 4.46. The fourth-order valence-corrected chi connectivity index (χ4v) is 1.64. The maximum absolute atomic E-state index is 6.00. The summed E-state index contributed by atoms with van der Waals surface area (Å²) in [6, 6.07) is 1.73. The highest BCUT2D eigenvalue weighted by molar-refractivity contribution is 6.32. The Hall–Kier alpha value is -0.770. The number of nitrogen functional groups attached to an aromatic ring is 1. The minimum atomic E-state index is 0. The van der Waals surface area contributed by atoms with E-state index in [9.17, 15) is 0 Å². The van der Waals surface area contributed by atoms with Gasteiger partial charge in [0.05, 0.1) is 22.6 Å². The second-order valence-electron chi connectivity index (χ2n) is 2.96. The number of pyridine rings is 1. The van der Waals surface area contributed by atoms with Gasteiger partial charge in [0, 0.05) is 13.1 Å². The average molecular weight is 232 g/mol. The summed E-state index contributed by atoms with van der Waals surface area (Å²) in [4.78, 5) is 4.19. The van der Waals surface area contributed by atoms with Crippen LogP contribution >= 0.6 is 24.0 Å². The average Bonchev–Trinajstić information content (AvgIpc) is 2.56. The molecule has 3 nitrogen and oxygen atoms in total. The van der Waals surface area contributed by atoms with Crippen LogP contribution in [0, 0.1) is 0 Å². The maximum atomic E-state index is 6.00. The third kappa shape index (κ3) is 2.18. The number of hydrogen-bond donors (Lipinski definition) is 2. The van der Waals surface area contributed by atoms with Gasteiger partial charge in [0.1, 0.15) is 0 Å². The lowest BCUT2D eigenvalue weighted by atomic mass is 10.2. The lowest BCUT2D eigenvalue weighted by Gasteiger charge is -2.04. The van der Waals surface area contributed by atoms with Gasteiger partial charge >= 0.3 is 0 Å². The van der Waals surface area contributed by atoms with Crippen LogP contribution in [0.1, 0.15) is 5.69 Å². The van der Waals surface area contributed by atoms with Crippen LogP contribution in [0.25, 0.3) is 5.57 Å². The summed E-state index contributed by atoms with van der Waals surface area (Å²) < 4.78 is 0. The Labute approximate surface area is 93.8 Å². The highest BCUT2D eigenvalue weighted by Gasteiger charge is 2.11. The first-order chi connectivity index (χ1) is 6.27. The molecule has 0 aromatic carbocycles. The smallest absolute Gasteiger partial charge is 0.0859 e. The number of nitrogens with two attached hydrogens (primary N) is 1. The van der Waals surface area contributed by atoms with Gasteiger partial charge in [0.25, 0.3) is 0 Å². The molecule has 0 fully saturated rings. The van der Waals surface area contributed by atoms with E-state index in [0.29, 0.717) is 10.7 Å². The molecule has 3 N–H and O–H groups in total. The zero-order valence-corrected chi connectivity index (χ0v) is 9.03. The van der Waals surface area contributed by atoms with Gasteiger partial charge in [0.15, 0.2) is 0 Å². The molecule has 2 heterocycles. The van der Waals surface area contributed by atoms with Crippen molar-refractivity contribution in [1.82, 2.24) is 10.3 Å². The predicted octanol–water partition coefficient (Wildman–Crippen LogP) is 1.73. The van der Waals surface area contributed by atoms with E-state index in [0.717, 1.165) is 24.4 Å². The number of nitrogens with one attached hydrogen (secondary N) is 1. The van der Waals surface area contributed by atoms with Crippen LogP contribution in [0.2, 0.25) is 5.02 Å². The lowest BCUT2D eigenvalue weighted by Crippen LogP contribution is -2.08. The fraction of sp³-hybridized carbons (Fsp3) is 0.222. The molecule has 2 rings (SSSR count). The van der Waals surface area contributed by atoms with Gasteiger partial charge < -0.3 is 11.1 Å². The van der Waals surface area contributed by atoms with Crippen LogP contribution in [0.15, 0.2) is 18.3 Å². The van der Waals surface area contributed by atoms with E-state index in [2.05, 4.69) is 16.4 Å². The van der Waals surface area contributed by atoms with Gasteiger partial charge in [-0.15, -0.1) is 12.4 Å². The minimum Gasteiger partial charge on any atom is -0.397 e. The second-order valence-corrected chi connectivity index (χ2v) is 3.37. The van der Waals surface area contributed by atoms with Gasteiger partial charge in [-0.1, -0.05) is 17.7 Å². The van der Waals surface area contributed by atoms with Crippen molar-refractivity contribution in [2.45, 2.75) is 0 Å². The van der Waals surface area contributed by atoms with E-state index >= 15 is 0 Å². The van der Waals surface area contributed by atoms with Gasteiger partial charge in [-0.2, -0.15) is 0 Å². The molecular formula is C9H11Cl2N3. The van der Waals surface area contributed by atoms with Crippen molar-refractivity contribution in [2.75, 3.05) is 18.8 Å². The molecule has 0 bridgehead atoms. The number of nitrogens with zero attached hydrogens (tertiary/aromatic N) is 1. The molecule has 0 saturated carbocycles. The first-order valence-electron chi connectivity index (χ1n) is 4.08. The highest BCUT2D eigenvalue weighted by Crippen LogP contribution is 2.24. The molecule has 1 aliphatic heterocycles. The van der Waals surface area contributed by atoms with Crippen molar-refractivity contribution in [3.8, 4) is 0 Å². The molecule has 0 saturated heterocycles. The van der Waals surface area contributed by atoms with E-state index in [1.165, 1.54) is 0 Å². The van der Waals surface area contributed by atoms with E-state index in [1.807, 2.05) is 0 Å². The Morgan fingerprint density at radius 2 is 2.29 bits per heavy atom. The minimum absolute atomic E-state index is 0. The van der Waals surface area contributed by atoms with Crippen molar-refractivity contribution in [1.29, 1.82) is 0 Å². The number of halogens is 2. The largest absolute Gasteiger partial charge is 0.397 e. The van der Waals surface area contributed by atoms with Crippen molar-refractivity contribution >= 4 is 35.3 Å². The molecule has 1 aromatic rings. The number of aromatic nitrogens is 1. The van der Waals surface area contributed by atoms with E-state index in [-0.39, 0.29) is 12.4 Å². The van der Waals surface area contributed by atoms with Gasteiger partial charge in [-0.05, 0) is 11.6 Å². The highest BCUT2D eigenvalue weighted by atomic mass is 35.5. The van der Waals surface area contributed by atoms with Crippen LogP contribution in [0.5, 0.6) is 0 Å². The SMILES string of the molecule is Cl.Nc1cnc(C2=CCNC2)c(Cl)c1. The fourth-order valence-electron chi connectivity index (χ4n) is 1.34. The predicted molar refractivity (Wildman–Crippen MR) is 61.8 cm³/mol. The monoisotopic (exact) mass is 231 g/mol. The molecule has 0 unspecified atom stereocenters. The lowest BCUT2D eigenvalue weighted by molar-refractivity contribution is 0.895. The Morgan fingerprint density at radius 3 is 2.86 bits per heavy atom. The summed E-state index contributed by atoms with van der Waals surface area (Å²) >= 11 is 6.00. The number of anilines is 1. The Kier molecular flexibility index (Phi) is 3.75. The summed E-state index contributed by atoms with van der Waals surface area (Å²) in [6.07, 6.45) is 3.71. The van der Waals surface area contributed by atoms with Gasteiger partial charge in [-0.3, -0.25) is 4.98 Å². The van der Waals surface area contributed by atoms with Crippen LogP contribution < -0.4 is 11.1 Å². The topological polar surface area (TPSA) is 50.9 Å². The summed E-state index contributed by atoms with van der Waals surface area (Å²) in [6.45, 7) is 1.72. The molecule has 0 spiro atoms. The summed E-state index contributed by atoms with van der Waals surface area (Å²) in [7, 11) is 0. The van der Waals surface area contributed by atoms with Crippen molar-refractivity contribution < 1.29 is 0 Å². The molecule has 5 heteroatoms. The van der Waals surface area contributed by atoms with Gasteiger partial charge in [-0.25, -0.2) is 0 Å². The molecule has 0 aliphatic carbocycles. The second kappa shape index (κ2) is 4.64. The Bertz CT molecular complexity index is 363. The van der Waals surface area contributed by atoms with Crippen molar-refractivity contribution in [3.05, 3.63) is 29.1 Å². The van der Waals surface area contributed by atoms with Crippen molar-refractivity contribution in [2.24, 2.45) is 0 Å². The molecule has 1 aliphatic rings. The summed E-state index contributed by atoms with van der Waals surface area (Å²) in [5.41, 5.74) is 8.12. The number of hydrogen-bond acceptors (Lipinski definition) is 3. The molecular weight excluding hydrogens is 221 g/mol. The van der Waals surface area contributed by atoms with Crippen LogP contribution in [-0.2, 0) is 0 Å². The van der Waals surface area contributed by atoms with Gasteiger partial charge in [0.2, 0.25) is 0 Å². The van der Waals surface area contributed by atoms with Crippen LogP contribution in [0.4, 0.5) is 5.69 Å². The molecule has 1 aromatic heterocycles. The van der Waals surface area contributed by atoms with E-state index in [1.54, 1.807) is 12.3 Å². The third-order valence-electron chi connectivity index (χ3n) is 1.97. The Morgan fingerprint density at radius 1 is 1.50 bits per heavy atom. The summed E-state index contributed by atoms with van der Waals surface area (Å²) in [5, 5.41) is 3.81. The zero-order chi connectivity index (χ0) is 9.26. The zero-order valence-electron chi connectivity index (χ0n) is 7.46. The van der Waals surface area contributed by atoms with E-state index < -0.39 is 0 Å². The normalized spacial score (nSPS) is 14.8. The summed E-state index contributed by atoms with van der Waals surface area (Å²) in [5.74, 6) is 0. The quantitative estimate of drug-likeness (QED) is 0.775. The molecule has 76 valence electrons. The van der Waals surface area contributed by atoms with Crippen molar-refractivity contribution in [3.63, 3.8) is 0 Å². The number of rotatable bonds is 1. The maximum Gasteiger partial charge on any atom is 0.0859 e. The molecule has 0 radical (unpaired) electrons. The third-order valence-corrected chi connectivity index (χ3v) is 2.26. The van der Waals surface area contributed by atoms with Crippen LogP contribution in [0.3, 0.4) is 0 Å². The molecule has 14 heavy (non-hydrogen) atoms. The standard InChI is InChI=1S/C9H10ClN3.ClH/c10-8-3-7(11)5-13-9(8)6-1-2-12-4-6;/h1,3,5,12H,2,4,11H2;1H. The molecule has 0 amide bonds. The Balaban J connectivity index is 0.000000980. The van der Waals surface area contributed by atoms with E-state index in [4.69, 9.17) is 17.3 Å².